The monoisotopic (exact) mass is 297 g/mol. The number of hydrogen-bond donors (Lipinski definition) is 0. The number of rotatable bonds is 2. The first-order chi connectivity index (χ1) is 9.39. The molecule has 7 heteroatoms. The highest BCUT2D eigenvalue weighted by Gasteiger charge is 2.52. The summed E-state index contributed by atoms with van der Waals surface area (Å²) in [5, 5.41) is 2.91. The second-order valence-corrected chi connectivity index (χ2v) is 7.02. The van der Waals surface area contributed by atoms with Crippen molar-refractivity contribution in [2.45, 2.75) is 45.0 Å². The average molecular weight is 297 g/mol. The van der Waals surface area contributed by atoms with Gasteiger partial charge in [-0.3, -0.25) is 0 Å². The first-order valence-corrected chi connectivity index (χ1v) is 7.77. The first-order valence-electron chi connectivity index (χ1n) is 6.89. The van der Waals surface area contributed by atoms with Crippen molar-refractivity contribution in [3.63, 3.8) is 0 Å². The molecule has 1 unspecified atom stereocenters. The van der Waals surface area contributed by atoms with Crippen LogP contribution in [0.4, 0.5) is 0 Å². The molecule has 0 spiro atoms. The summed E-state index contributed by atoms with van der Waals surface area (Å²) in [4.78, 5) is 4.61. The van der Waals surface area contributed by atoms with Crippen LogP contribution in [0, 0.1) is 0 Å². The Kier molecular flexibility index (Phi) is 3.67. The van der Waals surface area contributed by atoms with Crippen LogP contribution in [0.3, 0.4) is 0 Å². The van der Waals surface area contributed by atoms with E-state index in [0.29, 0.717) is 19.8 Å². The molecule has 110 valence electrons. The van der Waals surface area contributed by atoms with E-state index < -0.39 is 7.12 Å². The maximum Gasteiger partial charge on any atom is 0.515 e. The van der Waals surface area contributed by atoms with Crippen molar-refractivity contribution in [3.05, 3.63) is 10.4 Å². The zero-order valence-electron chi connectivity index (χ0n) is 12.3. The van der Waals surface area contributed by atoms with E-state index in [1.165, 1.54) is 0 Å². The van der Waals surface area contributed by atoms with Crippen molar-refractivity contribution in [2.24, 2.45) is 0 Å². The van der Waals surface area contributed by atoms with Gasteiger partial charge in [-0.1, -0.05) is 0 Å². The molecule has 0 aliphatic carbocycles. The van der Waals surface area contributed by atoms with Crippen LogP contribution in [-0.4, -0.2) is 43.1 Å². The highest BCUT2D eigenvalue weighted by Crippen LogP contribution is 2.36. The van der Waals surface area contributed by atoms with Gasteiger partial charge in [-0.2, -0.15) is 0 Å². The Morgan fingerprint density at radius 3 is 2.50 bits per heavy atom. The van der Waals surface area contributed by atoms with Gasteiger partial charge < -0.3 is 18.8 Å². The SMILES string of the molecule is CC1(C)OB(c2csc(C3COCCO3)n2)OC1(C)C. The number of hydrogen-bond acceptors (Lipinski definition) is 6. The van der Waals surface area contributed by atoms with Crippen LogP contribution < -0.4 is 5.59 Å². The summed E-state index contributed by atoms with van der Waals surface area (Å²) < 4.78 is 23.1. The predicted molar refractivity (Wildman–Crippen MR) is 77.3 cm³/mol. The summed E-state index contributed by atoms with van der Waals surface area (Å²) in [5.74, 6) is 0. The Bertz CT molecular complexity index is 468. The summed E-state index contributed by atoms with van der Waals surface area (Å²) >= 11 is 1.57. The molecule has 0 N–H and O–H groups in total. The smallest absolute Gasteiger partial charge is 0.398 e. The van der Waals surface area contributed by atoms with Crippen LogP contribution in [-0.2, 0) is 18.8 Å². The third-order valence-electron chi connectivity index (χ3n) is 4.13. The summed E-state index contributed by atoms with van der Waals surface area (Å²) in [5.41, 5.74) is 0.135. The average Bonchev–Trinajstić information content (AvgIpc) is 2.94. The quantitative estimate of drug-likeness (QED) is 0.775. The van der Waals surface area contributed by atoms with Crippen LogP contribution in [0.5, 0.6) is 0 Å². The maximum atomic E-state index is 6.00. The van der Waals surface area contributed by atoms with Crippen molar-refractivity contribution >= 4 is 24.0 Å². The van der Waals surface area contributed by atoms with Gasteiger partial charge in [0.05, 0.1) is 36.6 Å². The number of nitrogens with zero attached hydrogens (tertiary/aromatic N) is 1. The van der Waals surface area contributed by atoms with E-state index in [1.807, 2.05) is 33.1 Å². The highest BCUT2D eigenvalue weighted by molar-refractivity contribution is 7.10. The van der Waals surface area contributed by atoms with Crippen molar-refractivity contribution in [3.8, 4) is 0 Å². The van der Waals surface area contributed by atoms with Crippen LogP contribution in [0.25, 0.3) is 0 Å². The minimum atomic E-state index is -0.408. The molecule has 20 heavy (non-hydrogen) atoms. The van der Waals surface area contributed by atoms with Crippen LogP contribution in [0.15, 0.2) is 5.38 Å². The Morgan fingerprint density at radius 2 is 1.90 bits per heavy atom. The van der Waals surface area contributed by atoms with Crippen LogP contribution in [0.2, 0.25) is 0 Å². The standard InChI is InChI=1S/C13H20BNO4S/c1-12(2)13(3,4)19-14(18-12)10-8-20-11(15-10)9-7-16-5-6-17-9/h8-9H,5-7H2,1-4H3. The molecular formula is C13H20BNO4S. The summed E-state index contributed by atoms with van der Waals surface area (Å²) in [6.07, 6.45) is -0.0649. The van der Waals surface area contributed by atoms with Gasteiger partial charge in [0.15, 0.2) is 0 Å². The van der Waals surface area contributed by atoms with Crippen molar-refractivity contribution in [1.82, 2.24) is 4.98 Å². The summed E-state index contributed by atoms with van der Waals surface area (Å²) in [7, 11) is -0.408. The first kappa shape index (κ1) is 14.5. The molecule has 1 aromatic rings. The number of aromatic nitrogens is 1. The third kappa shape index (κ3) is 2.53. The molecule has 3 heterocycles. The van der Waals surface area contributed by atoms with E-state index in [2.05, 4.69) is 4.98 Å². The molecular weight excluding hydrogens is 277 g/mol. The van der Waals surface area contributed by atoms with Gasteiger partial charge in [0.25, 0.3) is 0 Å². The van der Waals surface area contributed by atoms with Crippen molar-refractivity contribution in [1.29, 1.82) is 0 Å². The molecule has 2 aliphatic heterocycles. The van der Waals surface area contributed by atoms with E-state index >= 15 is 0 Å². The van der Waals surface area contributed by atoms with E-state index in [1.54, 1.807) is 11.3 Å². The van der Waals surface area contributed by atoms with Crippen LogP contribution in [0.1, 0.15) is 38.8 Å². The summed E-state index contributed by atoms with van der Waals surface area (Å²) in [6.45, 7) is 10.0. The fraction of sp³-hybridized carbons (Fsp3) is 0.769. The van der Waals surface area contributed by atoms with Gasteiger partial charge in [0.2, 0.25) is 0 Å². The fourth-order valence-electron chi connectivity index (χ4n) is 2.15. The maximum absolute atomic E-state index is 6.00. The molecule has 0 aromatic carbocycles. The molecule has 2 fully saturated rings. The Labute approximate surface area is 123 Å². The lowest BCUT2D eigenvalue weighted by Crippen LogP contribution is -2.41. The Balaban J connectivity index is 1.74. The molecule has 1 atom stereocenters. The minimum Gasteiger partial charge on any atom is -0.398 e. The molecule has 2 saturated heterocycles. The summed E-state index contributed by atoms with van der Waals surface area (Å²) in [6, 6.07) is 0. The molecule has 0 bridgehead atoms. The minimum absolute atomic E-state index is 0.0649. The van der Waals surface area contributed by atoms with Crippen LogP contribution >= 0.6 is 11.3 Å². The van der Waals surface area contributed by atoms with Gasteiger partial charge in [0, 0.05) is 5.38 Å². The van der Waals surface area contributed by atoms with E-state index in [0.717, 1.165) is 10.6 Å². The molecule has 0 amide bonds. The lowest BCUT2D eigenvalue weighted by atomic mass is 9.86. The lowest BCUT2D eigenvalue weighted by Gasteiger charge is -2.32. The van der Waals surface area contributed by atoms with Gasteiger partial charge in [-0.05, 0) is 27.7 Å². The predicted octanol–water partition coefficient (Wildman–Crippen LogP) is 1.53. The molecule has 5 nitrogen and oxygen atoms in total. The lowest BCUT2D eigenvalue weighted by molar-refractivity contribution is -0.0901. The third-order valence-corrected chi connectivity index (χ3v) is 5.08. The second kappa shape index (κ2) is 5.07. The van der Waals surface area contributed by atoms with Crippen molar-refractivity contribution < 1.29 is 18.8 Å². The zero-order valence-corrected chi connectivity index (χ0v) is 13.2. The van der Waals surface area contributed by atoms with Gasteiger partial charge in [-0.25, -0.2) is 4.98 Å². The largest absolute Gasteiger partial charge is 0.515 e. The van der Waals surface area contributed by atoms with E-state index in [9.17, 15) is 0 Å². The van der Waals surface area contributed by atoms with Gasteiger partial charge in [-0.15, -0.1) is 11.3 Å². The molecule has 0 radical (unpaired) electrons. The normalized spacial score (nSPS) is 28.8. The zero-order chi connectivity index (χ0) is 14.4. The molecule has 2 aliphatic rings. The van der Waals surface area contributed by atoms with E-state index in [4.69, 9.17) is 18.8 Å². The van der Waals surface area contributed by atoms with Gasteiger partial charge in [0.1, 0.15) is 11.1 Å². The fourth-order valence-corrected chi connectivity index (χ4v) is 3.00. The topological polar surface area (TPSA) is 49.8 Å². The van der Waals surface area contributed by atoms with Crippen molar-refractivity contribution in [2.75, 3.05) is 19.8 Å². The van der Waals surface area contributed by atoms with Gasteiger partial charge >= 0.3 is 7.12 Å². The number of ether oxygens (including phenoxy) is 2. The second-order valence-electron chi connectivity index (χ2n) is 6.13. The Morgan fingerprint density at radius 1 is 1.20 bits per heavy atom. The Hall–Kier alpha value is -0.465. The molecule has 3 rings (SSSR count). The molecule has 0 saturated carbocycles. The highest BCUT2D eigenvalue weighted by atomic mass is 32.1. The molecule has 1 aromatic heterocycles. The number of thiazole rings is 1. The van der Waals surface area contributed by atoms with E-state index in [-0.39, 0.29) is 17.3 Å².